The monoisotopic (exact) mass is 396 g/mol. The summed E-state index contributed by atoms with van der Waals surface area (Å²) in [6, 6.07) is 6.13. The summed E-state index contributed by atoms with van der Waals surface area (Å²) in [5.74, 6) is -3.17. The van der Waals surface area contributed by atoms with E-state index < -0.39 is 17.4 Å². The van der Waals surface area contributed by atoms with Gasteiger partial charge in [0.05, 0.1) is 0 Å². The van der Waals surface area contributed by atoms with Gasteiger partial charge in [0.1, 0.15) is 22.6 Å². The summed E-state index contributed by atoms with van der Waals surface area (Å²) >= 11 is 0. The van der Waals surface area contributed by atoms with Crippen LogP contribution in [0.4, 0.5) is 0 Å². The summed E-state index contributed by atoms with van der Waals surface area (Å²) in [7, 11) is 0. The highest BCUT2D eigenvalue weighted by Crippen LogP contribution is 2.39. The summed E-state index contributed by atoms with van der Waals surface area (Å²) in [6.45, 7) is 10.9. The van der Waals surface area contributed by atoms with E-state index in [-0.39, 0.29) is 35.5 Å². The highest BCUT2D eigenvalue weighted by molar-refractivity contribution is 5.92. The van der Waals surface area contributed by atoms with Crippen LogP contribution in [-0.4, -0.2) is 32.4 Å². The lowest BCUT2D eigenvalue weighted by Gasteiger charge is -2.28. The number of aromatic hydroxyl groups is 2. The zero-order valence-electron chi connectivity index (χ0n) is 16.4. The molecule has 0 aromatic heterocycles. The number of benzene rings is 2. The molecule has 0 bridgehead atoms. The van der Waals surface area contributed by atoms with E-state index in [2.05, 4.69) is 13.2 Å². The third kappa shape index (κ3) is 4.16. The van der Waals surface area contributed by atoms with Gasteiger partial charge in [0.2, 0.25) is 0 Å². The fourth-order valence-electron chi connectivity index (χ4n) is 3.23. The Balaban J connectivity index is 2.78. The van der Waals surface area contributed by atoms with E-state index in [1.54, 1.807) is 24.3 Å². The molecule has 0 heterocycles. The number of hydrogen-bond donors (Lipinski definition) is 4. The number of rotatable bonds is 8. The van der Waals surface area contributed by atoms with Crippen LogP contribution in [0.5, 0.6) is 11.5 Å². The molecule has 4 N–H and O–H groups in total. The van der Waals surface area contributed by atoms with Crippen molar-refractivity contribution in [2.45, 2.75) is 32.1 Å². The van der Waals surface area contributed by atoms with Crippen molar-refractivity contribution < 1.29 is 30.0 Å². The molecular weight excluding hydrogens is 372 g/mol. The van der Waals surface area contributed by atoms with E-state index in [9.17, 15) is 30.0 Å². The van der Waals surface area contributed by atoms with Gasteiger partial charge in [-0.05, 0) is 47.2 Å². The molecular formula is C23H24O6. The molecule has 0 amide bonds. The fourth-order valence-corrected chi connectivity index (χ4v) is 3.23. The molecule has 0 spiro atoms. The molecule has 2 rings (SSSR count). The third-order valence-corrected chi connectivity index (χ3v) is 5.01. The van der Waals surface area contributed by atoms with Crippen molar-refractivity contribution in [3.05, 3.63) is 83.0 Å². The summed E-state index contributed by atoms with van der Waals surface area (Å²) < 4.78 is 0. The number of carboxylic acids is 2. The second kappa shape index (κ2) is 8.22. The summed E-state index contributed by atoms with van der Waals surface area (Å²) in [5, 5.41) is 39.5. The second-order valence-corrected chi connectivity index (χ2v) is 7.28. The second-order valence-electron chi connectivity index (χ2n) is 7.28. The molecule has 2 aromatic rings. The Bertz CT molecular complexity index is 921. The average Bonchev–Trinajstić information content (AvgIpc) is 2.64. The molecule has 0 aliphatic rings. The van der Waals surface area contributed by atoms with Crippen LogP contribution in [0.2, 0.25) is 0 Å². The Labute approximate surface area is 169 Å². The average molecular weight is 396 g/mol. The molecule has 0 aliphatic carbocycles. The third-order valence-electron chi connectivity index (χ3n) is 5.01. The Hall–Kier alpha value is -3.54. The molecule has 6 heteroatoms. The molecule has 0 atom stereocenters. The lowest BCUT2D eigenvalue weighted by molar-refractivity contribution is 0.0682. The Kier molecular flexibility index (Phi) is 6.17. The number of carboxylic acid groups (broad SMARTS) is 2. The summed E-state index contributed by atoms with van der Waals surface area (Å²) in [4.78, 5) is 23.2. The van der Waals surface area contributed by atoms with Gasteiger partial charge in [-0.1, -0.05) is 38.1 Å². The zero-order valence-corrected chi connectivity index (χ0v) is 16.4. The first kappa shape index (κ1) is 21.8. The van der Waals surface area contributed by atoms with Crippen LogP contribution in [0.1, 0.15) is 56.8 Å². The van der Waals surface area contributed by atoms with Gasteiger partial charge in [-0.25, -0.2) is 9.59 Å². The van der Waals surface area contributed by atoms with Crippen LogP contribution in [0.3, 0.4) is 0 Å². The number of aromatic carboxylic acids is 2. The number of hydrogen-bond acceptors (Lipinski definition) is 4. The first-order valence-electron chi connectivity index (χ1n) is 8.95. The molecule has 0 fully saturated rings. The van der Waals surface area contributed by atoms with Crippen molar-refractivity contribution in [1.82, 2.24) is 0 Å². The maximum Gasteiger partial charge on any atom is 0.339 e. The van der Waals surface area contributed by atoms with Crippen LogP contribution in [0.25, 0.3) is 0 Å². The van der Waals surface area contributed by atoms with Crippen molar-refractivity contribution in [3.8, 4) is 11.5 Å². The van der Waals surface area contributed by atoms with Crippen LogP contribution >= 0.6 is 0 Å². The van der Waals surface area contributed by atoms with Gasteiger partial charge in [-0.2, -0.15) is 0 Å². The molecule has 0 aliphatic heterocycles. The molecule has 29 heavy (non-hydrogen) atoms. The van der Waals surface area contributed by atoms with Crippen molar-refractivity contribution in [3.63, 3.8) is 0 Å². The van der Waals surface area contributed by atoms with Crippen LogP contribution < -0.4 is 0 Å². The van der Waals surface area contributed by atoms with E-state index in [1.165, 1.54) is 12.1 Å². The van der Waals surface area contributed by atoms with Gasteiger partial charge in [0.25, 0.3) is 0 Å². The van der Waals surface area contributed by atoms with E-state index in [1.807, 2.05) is 13.8 Å². The molecule has 0 unspecified atom stereocenters. The minimum atomic E-state index is -1.27. The largest absolute Gasteiger partial charge is 0.507 e. The predicted octanol–water partition coefficient (Wildman–Crippen LogP) is 4.28. The molecule has 0 radical (unpaired) electrons. The molecule has 152 valence electrons. The first-order chi connectivity index (χ1) is 13.5. The lowest BCUT2D eigenvalue weighted by atomic mass is 9.75. The molecule has 0 saturated heterocycles. The minimum Gasteiger partial charge on any atom is -0.507 e. The number of phenols is 2. The van der Waals surface area contributed by atoms with Crippen molar-refractivity contribution in [2.75, 3.05) is 0 Å². The number of carbonyl (C=O) groups is 2. The van der Waals surface area contributed by atoms with Crippen LogP contribution in [0, 0.1) is 0 Å². The van der Waals surface area contributed by atoms with Gasteiger partial charge in [0, 0.05) is 5.41 Å². The Morgan fingerprint density at radius 1 is 0.828 bits per heavy atom. The highest BCUT2D eigenvalue weighted by atomic mass is 16.4. The first-order valence-corrected chi connectivity index (χ1v) is 8.95. The maximum absolute atomic E-state index is 11.6. The standard InChI is InChI=1S/C23H24O6/c1-5-7-13-9-15(11-17(19(13)24)21(26)27)23(3,4)16-10-14(8-6-2)20(25)18(12-16)22(28)29/h5-6,9-12,24-25H,1-2,7-8H2,3-4H3,(H,26,27)(H,28,29). The van der Waals surface area contributed by atoms with Crippen molar-refractivity contribution in [1.29, 1.82) is 0 Å². The highest BCUT2D eigenvalue weighted by Gasteiger charge is 2.29. The maximum atomic E-state index is 11.6. The Morgan fingerprint density at radius 3 is 1.45 bits per heavy atom. The Morgan fingerprint density at radius 2 is 1.17 bits per heavy atom. The zero-order chi connectivity index (χ0) is 21.9. The molecule has 2 aromatic carbocycles. The summed E-state index contributed by atoms with van der Waals surface area (Å²) in [6.07, 6.45) is 3.66. The van der Waals surface area contributed by atoms with Crippen molar-refractivity contribution in [2.24, 2.45) is 0 Å². The van der Waals surface area contributed by atoms with Gasteiger partial charge in [0.15, 0.2) is 0 Å². The van der Waals surface area contributed by atoms with Gasteiger partial charge < -0.3 is 20.4 Å². The van der Waals surface area contributed by atoms with E-state index in [0.29, 0.717) is 22.3 Å². The van der Waals surface area contributed by atoms with Gasteiger partial charge in [-0.3, -0.25) is 0 Å². The minimum absolute atomic E-state index is 0.240. The lowest BCUT2D eigenvalue weighted by Crippen LogP contribution is -2.21. The molecule has 0 saturated carbocycles. The molecule has 6 nitrogen and oxygen atoms in total. The topological polar surface area (TPSA) is 115 Å². The fraction of sp³-hybridized carbons (Fsp3) is 0.217. The normalized spacial score (nSPS) is 11.1. The van der Waals surface area contributed by atoms with Crippen LogP contribution in [-0.2, 0) is 18.3 Å². The quantitative estimate of drug-likeness (QED) is 0.495. The SMILES string of the molecule is C=CCc1cc(C(C)(C)c2cc(CC=C)c(O)c(C(=O)O)c2)cc(C(=O)O)c1O. The van der Waals surface area contributed by atoms with Crippen molar-refractivity contribution >= 4 is 11.9 Å². The van der Waals surface area contributed by atoms with Crippen LogP contribution in [0.15, 0.2) is 49.6 Å². The smallest absolute Gasteiger partial charge is 0.339 e. The van der Waals surface area contributed by atoms with E-state index in [0.717, 1.165) is 0 Å². The summed E-state index contributed by atoms with van der Waals surface area (Å²) in [5.41, 5.74) is 0.680. The van der Waals surface area contributed by atoms with E-state index in [4.69, 9.17) is 0 Å². The van der Waals surface area contributed by atoms with Gasteiger partial charge >= 0.3 is 11.9 Å². The van der Waals surface area contributed by atoms with E-state index >= 15 is 0 Å². The van der Waals surface area contributed by atoms with Gasteiger partial charge in [-0.15, -0.1) is 13.2 Å². The predicted molar refractivity (Wildman–Crippen MR) is 110 cm³/mol. The number of allylic oxidation sites excluding steroid dienone is 2.